The number of nitrogens with one attached hydrogen (secondary N) is 1. The van der Waals surface area contributed by atoms with E-state index in [9.17, 15) is 9.59 Å². The van der Waals surface area contributed by atoms with Crippen LogP contribution in [0.3, 0.4) is 0 Å². The first-order valence-corrected chi connectivity index (χ1v) is 13.2. The molecule has 2 amide bonds. The van der Waals surface area contributed by atoms with Gasteiger partial charge in [0.2, 0.25) is 0 Å². The number of carbonyl (C=O) groups excluding carboxylic acids is 1. The van der Waals surface area contributed by atoms with E-state index in [-0.39, 0.29) is 17.6 Å². The highest BCUT2D eigenvalue weighted by molar-refractivity contribution is 9.10. The highest BCUT2D eigenvalue weighted by atomic mass is 79.9. The zero-order chi connectivity index (χ0) is 25.8. The first kappa shape index (κ1) is 26.0. The van der Waals surface area contributed by atoms with Gasteiger partial charge < -0.3 is 19.7 Å². The zero-order valence-corrected chi connectivity index (χ0v) is 22.8. The van der Waals surface area contributed by atoms with Gasteiger partial charge in [-0.05, 0) is 54.8 Å². The fourth-order valence-corrected chi connectivity index (χ4v) is 5.46. The highest BCUT2D eigenvalue weighted by Crippen LogP contribution is 2.37. The Hall–Kier alpha value is -3.07. The van der Waals surface area contributed by atoms with Crippen LogP contribution in [0.5, 0.6) is 11.5 Å². The molecule has 2 aromatic carbocycles. The number of urea groups is 1. The Labute approximate surface area is 219 Å². The summed E-state index contributed by atoms with van der Waals surface area (Å²) in [5, 5.41) is 3.69. The van der Waals surface area contributed by atoms with Crippen molar-refractivity contribution >= 4 is 32.9 Å². The molecule has 1 fully saturated rings. The van der Waals surface area contributed by atoms with Crippen LogP contribution in [0, 0.1) is 0 Å². The molecule has 1 aromatic heterocycles. The minimum absolute atomic E-state index is 0.145. The topological polar surface area (TPSA) is 85.7 Å². The molecule has 1 aliphatic rings. The third-order valence-electron chi connectivity index (χ3n) is 6.87. The second-order valence-corrected chi connectivity index (χ2v) is 9.83. The molecule has 1 saturated carbocycles. The second-order valence-electron chi connectivity index (χ2n) is 9.04. The van der Waals surface area contributed by atoms with Crippen molar-refractivity contribution in [1.82, 2.24) is 19.8 Å². The number of methoxy groups -OCH3 is 2. The number of hydrogen-bond donors (Lipinski definition) is 1. The molecule has 3 aromatic rings. The Bertz CT molecular complexity index is 1300. The molecule has 0 radical (unpaired) electrons. The standard InChI is InChI=1S/C27H33BrN4O4/c1-5-31(27(34)29-18-11-7-6-8-12-18)17(2)25-30-21-14-10-9-13-20(21)26(33)32(25)22-15-19(35-3)16-23(36-4)24(22)28/h9-10,13-18H,5-8,11-12H2,1-4H3,(H,29,34). The molecule has 4 rings (SSSR count). The van der Waals surface area contributed by atoms with Crippen LogP contribution in [0.4, 0.5) is 4.79 Å². The van der Waals surface area contributed by atoms with Crippen molar-refractivity contribution in [2.75, 3.05) is 20.8 Å². The Morgan fingerprint density at radius 2 is 1.92 bits per heavy atom. The monoisotopic (exact) mass is 556 g/mol. The SMILES string of the molecule is CCN(C(=O)NC1CCCCC1)C(C)c1nc2ccccc2c(=O)n1-c1cc(OC)cc(OC)c1Br. The van der Waals surface area contributed by atoms with E-state index in [2.05, 4.69) is 21.2 Å². The van der Waals surface area contributed by atoms with Crippen molar-refractivity contribution in [3.05, 3.63) is 57.0 Å². The summed E-state index contributed by atoms with van der Waals surface area (Å²) in [7, 11) is 3.12. The Morgan fingerprint density at radius 3 is 2.58 bits per heavy atom. The summed E-state index contributed by atoms with van der Waals surface area (Å²) < 4.78 is 13.2. The Kier molecular flexibility index (Phi) is 8.18. The third-order valence-corrected chi connectivity index (χ3v) is 7.66. The largest absolute Gasteiger partial charge is 0.497 e. The summed E-state index contributed by atoms with van der Waals surface area (Å²) in [4.78, 5) is 33.9. The average molecular weight is 557 g/mol. The lowest BCUT2D eigenvalue weighted by Crippen LogP contribution is -2.47. The van der Waals surface area contributed by atoms with Gasteiger partial charge in [0.25, 0.3) is 5.56 Å². The van der Waals surface area contributed by atoms with Crippen LogP contribution in [0.15, 0.2) is 45.7 Å². The van der Waals surface area contributed by atoms with Gasteiger partial charge in [-0.2, -0.15) is 0 Å². The Balaban J connectivity index is 1.87. The average Bonchev–Trinajstić information content (AvgIpc) is 2.90. The molecule has 0 saturated heterocycles. The number of nitrogens with zero attached hydrogens (tertiary/aromatic N) is 3. The van der Waals surface area contributed by atoms with E-state index in [1.54, 1.807) is 41.9 Å². The number of amides is 2. The number of rotatable bonds is 7. The predicted molar refractivity (Wildman–Crippen MR) is 144 cm³/mol. The maximum Gasteiger partial charge on any atom is 0.318 e. The predicted octanol–water partition coefficient (Wildman–Crippen LogP) is 5.59. The van der Waals surface area contributed by atoms with Crippen LogP contribution in [0.1, 0.15) is 57.8 Å². The van der Waals surface area contributed by atoms with E-state index in [0.29, 0.717) is 44.9 Å². The molecule has 1 atom stereocenters. The summed E-state index contributed by atoms with van der Waals surface area (Å²) >= 11 is 3.61. The fourth-order valence-electron chi connectivity index (χ4n) is 4.89. The van der Waals surface area contributed by atoms with E-state index in [1.807, 2.05) is 32.0 Å². The van der Waals surface area contributed by atoms with Crippen LogP contribution >= 0.6 is 15.9 Å². The zero-order valence-electron chi connectivity index (χ0n) is 21.2. The first-order chi connectivity index (χ1) is 17.4. The molecular weight excluding hydrogens is 524 g/mol. The first-order valence-electron chi connectivity index (χ1n) is 12.4. The van der Waals surface area contributed by atoms with Gasteiger partial charge in [-0.1, -0.05) is 31.4 Å². The molecule has 9 heteroatoms. The van der Waals surface area contributed by atoms with Gasteiger partial charge in [-0.15, -0.1) is 0 Å². The van der Waals surface area contributed by atoms with E-state index in [4.69, 9.17) is 14.5 Å². The molecule has 1 heterocycles. The lowest BCUT2D eigenvalue weighted by atomic mass is 9.96. The normalized spacial score (nSPS) is 14.9. The number of ether oxygens (including phenoxy) is 2. The van der Waals surface area contributed by atoms with Crippen LogP contribution in [0.2, 0.25) is 0 Å². The number of fused-ring (bicyclic) bond motifs is 1. The second kappa shape index (κ2) is 11.3. The van der Waals surface area contributed by atoms with Gasteiger partial charge in [-0.25, -0.2) is 9.78 Å². The summed E-state index contributed by atoms with van der Waals surface area (Å²) in [5.41, 5.74) is 0.873. The summed E-state index contributed by atoms with van der Waals surface area (Å²) in [6.45, 7) is 4.30. The molecule has 0 spiro atoms. The van der Waals surface area contributed by atoms with E-state index in [1.165, 1.54) is 6.42 Å². The maximum absolute atomic E-state index is 13.9. The molecule has 8 nitrogen and oxygen atoms in total. The summed E-state index contributed by atoms with van der Waals surface area (Å²) in [6, 6.07) is 10.3. The van der Waals surface area contributed by atoms with Gasteiger partial charge in [0.15, 0.2) is 0 Å². The smallest absolute Gasteiger partial charge is 0.318 e. The molecule has 36 heavy (non-hydrogen) atoms. The molecule has 0 bridgehead atoms. The molecular formula is C27H33BrN4O4. The minimum atomic E-state index is -0.486. The van der Waals surface area contributed by atoms with Gasteiger partial charge >= 0.3 is 6.03 Å². The number of para-hydroxylation sites is 1. The lowest BCUT2D eigenvalue weighted by molar-refractivity contribution is 0.172. The molecule has 1 N–H and O–H groups in total. The number of benzene rings is 2. The van der Waals surface area contributed by atoms with E-state index < -0.39 is 6.04 Å². The number of halogens is 1. The molecule has 0 aliphatic heterocycles. The minimum Gasteiger partial charge on any atom is -0.497 e. The summed E-state index contributed by atoms with van der Waals surface area (Å²) in [6.07, 6.45) is 5.46. The molecule has 192 valence electrons. The van der Waals surface area contributed by atoms with Gasteiger partial charge in [-0.3, -0.25) is 9.36 Å². The van der Waals surface area contributed by atoms with Crippen molar-refractivity contribution in [1.29, 1.82) is 0 Å². The van der Waals surface area contributed by atoms with Crippen LogP contribution in [-0.4, -0.2) is 47.3 Å². The van der Waals surface area contributed by atoms with Gasteiger partial charge in [0.05, 0.1) is 41.3 Å². The van der Waals surface area contributed by atoms with Gasteiger partial charge in [0, 0.05) is 24.7 Å². The maximum atomic E-state index is 13.9. The van der Waals surface area contributed by atoms with Crippen molar-refractivity contribution in [2.24, 2.45) is 0 Å². The molecule has 1 aliphatic carbocycles. The van der Waals surface area contributed by atoms with E-state index >= 15 is 0 Å². The third kappa shape index (κ3) is 5.07. The van der Waals surface area contributed by atoms with E-state index in [0.717, 1.165) is 25.7 Å². The van der Waals surface area contributed by atoms with Crippen LogP contribution in [0.25, 0.3) is 16.6 Å². The lowest BCUT2D eigenvalue weighted by Gasteiger charge is -2.32. The quantitative estimate of drug-likeness (QED) is 0.410. The highest BCUT2D eigenvalue weighted by Gasteiger charge is 2.28. The fraction of sp³-hybridized carbons (Fsp3) is 0.444. The van der Waals surface area contributed by atoms with Crippen molar-refractivity contribution in [2.45, 2.75) is 58.0 Å². The van der Waals surface area contributed by atoms with Crippen molar-refractivity contribution in [3.63, 3.8) is 0 Å². The molecule has 1 unspecified atom stereocenters. The number of carbonyl (C=O) groups is 1. The van der Waals surface area contributed by atoms with Crippen molar-refractivity contribution < 1.29 is 14.3 Å². The van der Waals surface area contributed by atoms with Crippen LogP contribution < -0.4 is 20.3 Å². The van der Waals surface area contributed by atoms with Crippen LogP contribution in [-0.2, 0) is 0 Å². The number of hydrogen-bond acceptors (Lipinski definition) is 5. The Morgan fingerprint density at radius 1 is 1.19 bits per heavy atom. The van der Waals surface area contributed by atoms with Crippen molar-refractivity contribution in [3.8, 4) is 17.2 Å². The van der Waals surface area contributed by atoms with Gasteiger partial charge in [0.1, 0.15) is 17.3 Å². The number of aromatic nitrogens is 2. The summed E-state index contributed by atoms with van der Waals surface area (Å²) in [5.74, 6) is 1.51.